The number of hydrogen-bond donors (Lipinski definition) is 2. The molecule has 2 N–H and O–H groups in total. The lowest BCUT2D eigenvalue weighted by atomic mass is 9.92. The van der Waals surface area contributed by atoms with Gasteiger partial charge in [0.1, 0.15) is 0 Å². The Morgan fingerprint density at radius 2 is 1.85 bits per heavy atom. The van der Waals surface area contributed by atoms with Crippen molar-refractivity contribution >= 4 is 16.8 Å². The van der Waals surface area contributed by atoms with Crippen LogP contribution in [0.5, 0.6) is 11.5 Å². The number of amides is 1. The summed E-state index contributed by atoms with van der Waals surface area (Å²) in [7, 11) is 3.22. The van der Waals surface area contributed by atoms with Gasteiger partial charge >= 0.3 is 0 Å². The summed E-state index contributed by atoms with van der Waals surface area (Å²) < 4.78 is 10.6. The summed E-state index contributed by atoms with van der Waals surface area (Å²) in [5, 5.41) is 4.27. The predicted octanol–water partition coefficient (Wildman–Crippen LogP) is 3.84. The number of para-hydroxylation sites is 1. The van der Waals surface area contributed by atoms with E-state index in [0.717, 1.165) is 40.6 Å². The first-order valence-electron chi connectivity index (χ1n) is 9.16. The smallest absolute Gasteiger partial charge is 0.231 e. The van der Waals surface area contributed by atoms with Gasteiger partial charge in [0.25, 0.3) is 0 Å². The van der Waals surface area contributed by atoms with E-state index in [0.29, 0.717) is 18.0 Å². The van der Waals surface area contributed by atoms with Gasteiger partial charge in [-0.1, -0.05) is 24.3 Å². The van der Waals surface area contributed by atoms with Crippen LogP contribution in [0.1, 0.15) is 29.7 Å². The van der Waals surface area contributed by atoms with E-state index in [1.54, 1.807) is 14.2 Å². The molecule has 27 heavy (non-hydrogen) atoms. The molecule has 0 atom stereocenters. The summed E-state index contributed by atoms with van der Waals surface area (Å²) in [6, 6.07) is 13.9. The molecule has 0 spiro atoms. The lowest BCUT2D eigenvalue weighted by molar-refractivity contribution is -0.123. The Labute approximate surface area is 158 Å². The fourth-order valence-corrected chi connectivity index (χ4v) is 3.95. The normalized spacial score (nSPS) is 14.8. The number of ether oxygens (including phenoxy) is 2. The zero-order valence-electron chi connectivity index (χ0n) is 15.9. The van der Waals surface area contributed by atoms with E-state index in [2.05, 4.69) is 29.4 Å². The maximum Gasteiger partial charge on any atom is 0.231 e. The number of carbonyl (C=O) groups is 1. The Hall–Kier alpha value is -2.95. The number of aromatic amines is 1. The summed E-state index contributed by atoms with van der Waals surface area (Å²) in [5.41, 5.74) is 3.87. The molecule has 0 unspecified atom stereocenters. The molecule has 1 aliphatic carbocycles. The van der Waals surface area contributed by atoms with Crippen LogP contribution in [0.15, 0.2) is 42.5 Å². The molecule has 5 nitrogen and oxygen atoms in total. The lowest BCUT2D eigenvalue weighted by Crippen LogP contribution is -2.34. The molecular weight excluding hydrogens is 340 g/mol. The van der Waals surface area contributed by atoms with Crippen LogP contribution in [0.25, 0.3) is 10.9 Å². The molecule has 1 amide bonds. The molecule has 1 fully saturated rings. The van der Waals surface area contributed by atoms with Gasteiger partial charge in [-0.3, -0.25) is 4.79 Å². The first-order valence-corrected chi connectivity index (χ1v) is 9.16. The number of nitrogens with one attached hydrogen (secondary N) is 2. The van der Waals surface area contributed by atoms with Crippen molar-refractivity contribution < 1.29 is 14.3 Å². The average Bonchev–Trinajstić information content (AvgIpc) is 3.42. The molecule has 1 aliphatic rings. The number of aryl methyl sites for hydroxylation is 1. The van der Waals surface area contributed by atoms with Crippen LogP contribution in [0.2, 0.25) is 0 Å². The summed E-state index contributed by atoms with van der Waals surface area (Å²) in [6.45, 7) is 2.51. The molecule has 140 valence electrons. The molecule has 1 saturated carbocycles. The number of benzene rings is 2. The van der Waals surface area contributed by atoms with Crippen LogP contribution < -0.4 is 14.8 Å². The summed E-state index contributed by atoms with van der Waals surface area (Å²) in [4.78, 5) is 16.5. The topological polar surface area (TPSA) is 63.3 Å². The molecule has 2 aromatic carbocycles. The molecule has 0 bridgehead atoms. The Morgan fingerprint density at radius 3 is 2.56 bits per heavy atom. The molecule has 1 aromatic heterocycles. The van der Waals surface area contributed by atoms with E-state index in [1.165, 1.54) is 0 Å². The third-order valence-corrected chi connectivity index (χ3v) is 5.46. The van der Waals surface area contributed by atoms with Crippen LogP contribution in [-0.2, 0) is 16.8 Å². The highest BCUT2D eigenvalue weighted by Gasteiger charge is 2.53. The number of hydrogen-bond acceptors (Lipinski definition) is 3. The maximum absolute atomic E-state index is 13.1. The average molecular weight is 364 g/mol. The second-order valence-electron chi connectivity index (χ2n) is 7.12. The van der Waals surface area contributed by atoms with Gasteiger partial charge in [-0.05, 0) is 49.1 Å². The molecule has 4 rings (SSSR count). The molecule has 0 aliphatic heterocycles. The van der Waals surface area contributed by atoms with E-state index in [1.807, 2.05) is 30.3 Å². The van der Waals surface area contributed by atoms with Crippen molar-refractivity contribution in [2.75, 3.05) is 14.2 Å². The number of H-pyrrole nitrogens is 1. The minimum Gasteiger partial charge on any atom is -0.493 e. The Bertz CT molecular complexity index is 1000. The van der Waals surface area contributed by atoms with Gasteiger partial charge in [0.15, 0.2) is 11.5 Å². The van der Waals surface area contributed by atoms with Crippen LogP contribution in [0.4, 0.5) is 0 Å². The van der Waals surface area contributed by atoms with Gasteiger partial charge in [0.2, 0.25) is 5.91 Å². The zero-order chi connectivity index (χ0) is 19.0. The molecule has 0 saturated heterocycles. The van der Waals surface area contributed by atoms with E-state index >= 15 is 0 Å². The van der Waals surface area contributed by atoms with Crippen molar-refractivity contribution in [1.29, 1.82) is 0 Å². The lowest BCUT2D eigenvalue weighted by Gasteiger charge is -2.17. The van der Waals surface area contributed by atoms with Crippen molar-refractivity contribution in [3.8, 4) is 11.5 Å². The second-order valence-corrected chi connectivity index (χ2v) is 7.12. The largest absolute Gasteiger partial charge is 0.493 e. The first-order chi connectivity index (χ1) is 13.1. The number of rotatable bonds is 6. The zero-order valence-corrected chi connectivity index (χ0v) is 15.9. The van der Waals surface area contributed by atoms with Crippen LogP contribution in [0.3, 0.4) is 0 Å². The fraction of sp³-hybridized carbons (Fsp3) is 0.318. The predicted molar refractivity (Wildman–Crippen MR) is 105 cm³/mol. The van der Waals surface area contributed by atoms with E-state index in [-0.39, 0.29) is 5.91 Å². The molecule has 3 aromatic rings. The third kappa shape index (κ3) is 2.93. The van der Waals surface area contributed by atoms with Gasteiger partial charge in [-0.2, -0.15) is 0 Å². The monoisotopic (exact) mass is 364 g/mol. The first kappa shape index (κ1) is 17.5. The van der Waals surface area contributed by atoms with E-state index in [9.17, 15) is 4.79 Å². The van der Waals surface area contributed by atoms with Gasteiger partial charge in [-0.15, -0.1) is 0 Å². The Balaban J connectivity index is 1.55. The third-order valence-electron chi connectivity index (χ3n) is 5.46. The number of aromatic nitrogens is 1. The quantitative estimate of drug-likeness (QED) is 0.698. The van der Waals surface area contributed by atoms with Crippen LogP contribution in [0, 0.1) is 6.92 Å². The SMILES string of the molecule is COc1ccc(CNC(=O)C2(c3c(C)[nH]c4ccccc34)CC2)cc1OC. The van der Waals surface area contributed by atoms with Crippen molar-refractivity contribution in [3.63, 3.8) is 0 Å². The van der Waals surface area contributed by atoms with Crippen molar-refractivity contribution in [2.45, 2.75) is 31.7 Å². The number of methoxy groups -OCH3 is 2. The van der Waals surface area contributed by atoms with E-state index < -0.39 is 5.41 Å². The van der Waals surface area contributed by atoms with Gasteiger partial charge < -0.3 is 19.8 Å². The number of carbonyl (C=O) groups excluding carboxylic acids is 1. The molecule has 0 radical (unpaired) electrons. The molecule has 5 heteroatoms. The van der Waals surface area contributed by atoms with Crippen LogP contribution in [-0.4, -0.2) is 25.1 Å². The van der Waals surface area contributed by atoms with Crippen molar-refractivity contribution in [3.05, 3.63) is 59.3 Å². The molecular formula is C22H24N2O3. The van der Waals surface area contributed by atoms with E-state index in [4.69, 9.17) is 9.47 Å². The molecule has 1 heterocycles. The number of fused-ring (bicyclic) bond motifs is 1. The van der Waals surface area contributed by atoms with Crippen molar-refractivity contribution in [1.82, 2.24) is 10.3 Å². The Morgan fingerprint density at radius 1 is 1.11 bits per heavy atom. The van der Waals surface area contributed by atoms with Crippen molar-refractivity contribution in [2.24, 2.45) is 0 Å². The standard InChI is InChI=1S/C22H24N2O3/c1-14-20(16-6-4-5-7-17(16)24-14)22(10-11-22)21(25)23-13-15-8-9-18(26-2)19(12-15)27-3/h4-9,12,24H,10-11,13H2,1-3H3,(H,23,25). The second kappa shape index (κ2) is 6.65. The highest BCUT2D eigenvalue weighted by atomic mass is 16.5. The van der Waals surface area contributed by atoms with Gasteiger partial charge in [0.05, 0.1) is 19.6 Å². The highest BCUT2D eigenvalue weighted by Crippen LogP contribution is 2.52. The minimum absolute atomic E-state index is 0.0881. The summed E-state index contributed by atoms with van der Waals surface area (Å²) in [5.74, 6) is 1.43. The highest BCUT2D eigenvalue weighted by molar-refractivity contribution is 5.98. The maximum atomic E-state index is 13.1. The fourth-order valence-electron chi connectivity index (χ4n) is 3.95. The Kier molecular flexibility index (Phi) is 4.30. The summed E-state index contributed by atoms with van der Waals surface area (Å²) in [6.07, 6.45) is 1.76. The summed E-state index contributed by atoms with van der Waals surface area (Å²) >= 11 is 0. The minimum atomic E-state index is -0.416. The van der Waals surface area contributed by atoms with Crippen LogP contribution >= 0.6 is 0 Å². The van der Waals surface area contributed by atoms with Gasteiger partial charge in [-0.25, -0.2) is 0 Å². The van der Waals surface area contributed by atoms with Gasteiger partial charge in [0, 0.05) is 23.1 Å².